The summed E-state index contributed by atoms with van der Waals surface area (Å²) in [7, 11) is 1.27. The van der Waals surface area contributed by atoms with Gasteiger partial charge in [0.05, 0.1) is 34.8 Å². The first-order chi connectivity index (χ1) is 12.9. The topological polar surface area (TPSA) is 86.1 Å². The zero-order chi connectivity index (χ0) is 19.6. The molecular formula is C18H14Cl2N4O3. The van der Waals surface area contributed by atoms with E-state index in [1.165, 1.54) is 30.1 Å². The van der Waals surface area contributed by atoms with Crippen molar-refractivity contribution in [1.82, 2.24) is 15.0 Å². The highest BCUT2D eigenvalue weighted by molar-refractivity contribution is 6.34. The van der Waals surface area contributed by atoms with Crippen LogP contribution >= 0.6 is 23.2 Å². The molecule has 27 heavy (non-hydrogen) atoms. The average molecular weight is 405 g/mol. The summed E-state index contributed by atoms with van der Waals surface area (Å²) in [6, 6.07) is 11.4. The molecule has 138 valence electrons. The van der Waals surface area contributed by atoms with Crippen molar-refractivity contribution in [2.45, 2.75) is 6.92 Å². The molecule has 0 radical (unpaired) electrons. The number of esters is 1. The van der Waals surface area contributed by atoms with Crippen molar-refractivity contribution >= 4 is 40.8 Å². The normalized spacial score (nSPS) is 10.5. The zero-order valence-electron chi connectivity index (χ0n) is 14.4. The predicted octanol–water partition coefficient (Wildman–Crippen LogP) is 3.92. The van der Waals surface area contributed by atoms with Gasteiger partial charge in [0, 0.05) is 5.02 Å². The third kappa shape index (κ3) is 4.10. The number of aromatic nitrogens is 3. The van der Waals surface area contributed by atoms with E-state index in [-0.39, 0.29) is 22.0 Å². The Morgan fingerprint density at radius 2 is 1.89 bits per heavy atom. The van der Waals surface area contributed by atoms with Crippen molar-refractivity contribution < 1.29 is 14.3 Å². The van der Waals surface area contributed by atoms with Crippen LogP contribution in [-0.2, 0) is 4.74 Å². The van der Waals surface area contributed by atoms with Crippen LogP contribution < -0.4 is 5.32 Å². The Morgan fingerprint density at radius 3 is 2.59 bits per heavy atom. The van der Waals surface area contributed by atoms with Crippen LogP contribution in [0, 0.1) is 6.92 Å². The Kier molecular flexibility index (Phi) is 5.43. The molecule has 0 aliphatic carbocycles. The molecular weight excluding hydrogens is 391 g/mol. The van der Waals surface area contributed by atoms with Gasteiger partial charge in [-0.25, -0.2) is 4.79 Å². The molecule has 0 aliphatic heterocycles. The summed E-state index contributed by atoms with van der Waals surface area (Å²) in [5, 5.41) is 11.9. The minimum Gasteiger partial charge on any atom is -0.465 e. The van der Waals surface area contributed by atoms with Gasteiger partial charge in [-0.3, -0.25) is 4.79 Å². The smallest absolute Gasteiger partial charge is 0.337 e. The maximum Gasteiger partial charge on any atom is 0.337 e. The highest BCUT2D eigenvalue weighted by Crippen LogP contribution is 2.24. The number of methoxy groups -OCH3 is 1. The molecule has 0 atom stereocenters. The van der Waals surface area contributed by atoms with Gasteiger partial charge in [0.2, 0.25) is 0 Å². The Bertz CT molecular complexity index is 1030. The van der Waals surface area contributed by atoms with Gasteiger partial charge in [-0.15, -0.1) is 5.10 Å². The molecule has 9 heteroatoms. The van der Waals surface area contributed by atoms with E-state index < -0.39 is 11.9 Å². The lowest BCUT2D eigenvalue weighted by Gasteiger charge is -2.08. The Hall–Kier alpha value is -2.90. The molecule has 2 aromatic carbocycles. The first-order valence-electron chi connectivity index (χ1n) is 7.78. The molecule has 1 aromatic heterocycles. The quantitative estimate of drug-likeness (QED) is 0.665. The van der Waals surface area contributed by atoms with E-state index in [0.717, 1.165) is 0 Å². The molecule has 0 aliphatic rings. The molecule has 1 heterocycles. The number of nitrogens with one attached hydrogen (secondary N) is 1. The highest BCUT2D eigenvalue weighted by atomic mass is 35.5. The number of anilines is 1. The number of rotatable bonds is 4. The number of aryl methyl sites for hydroxylation is 1. The number of hydrogen-bond acceptors (Lipinski definition) is 5. The van der Waals surface area contributed by atoms with Crippen LogP contribution in [0.2, 0.25) is 10.0 Å². The fraction of sp³-hybridized carbons (Fsp3) is 0.111. The van der Waals surface area contributed by atoms with Gasteiger partial charge in [-0.05, 0) is 43.3 Å². The molecule has 0 saturated carbocycles. The van der Waals surface area contributed by atoms with E-state index in [1.54, 1.807) is 31.2 Å². The van der Waals surface area contributed by atoms with Gasteiger partial charge in [-0.2, -0.15) is 9.90 Å². The monoisotopic (exact) mass is 404 g/mol. The molecule has 0 spiro atoms. The number of carbonyl (C=O) groups excluding carboxylic acids is 2. The molecule has 7 nitrogen and oxygen atoms in total. The van der Waals surface area contributed by atoms with Gasteiger partial charge in [-0.1, -0.05) is 29.3 Å². The third-order valence-corrected chi connectivity index (χ3v) is 4.24. The van der Waals surface area contributed by atoms with Crippen LogP contribution in [0.3, 0.4) is 0 Å². The molecule has 0 fully saturated rings. The number of carbonyl (C=O) groups is 2. The lowest BCUT2D eigenvalue weighted by Crippen LogP contribution is -2.15. The third-order valence-electron chi connectivity index (χ3n) is 3.67. The summed E-state index contributed by atoms with van der Waals surface area (Å²) in [4.78, 5) is 25.6. The lowest BCUT2D eigenvalue weighted by atomic mass is 10.2. The summed E-state index contributed by atoms with van der Waals surface area (Å²) in [5.41, 5.74) is 1.69. The average Bonchev–Trinajstić information content (AvgIpc) is 3.04. The maximum absolute atomic E-state index is 12.6. The highest BCUT2D eigenvalue weighted by Gasteiger charge is 2.18. The van der Waals surface area contributed by atoms with Crippen molar-refractivity contribution in [3.05, 3.63) is 69.5 Å². The number of amides is 1. The summed E-state index contributed by atoms with van der Waals surface area (Å²) in [6.45, 7) is 1.66. The van der Waals surface area contributed by atoms with E-state index in [2.05, 4.69) is 20.3 Å². The summed E-state index contributed by atoms with van der Waals surface area (Å²) >= 11 is 12.1. The van der Waals surface area contributed by atoms with Crippen LogP contribution in [0.1, 0.15) is 26.5 Å². The van der Waals surface area contributed by atoms with Crippen molar-refractivity contribution in [3.8, 4) is 5.69 Å². The standard InChI is InChI=1S/C18H14Cl2N4O3/c1-10-16(23-24(22-10)13-5-3-4-12(19)9-13)17(25)21-15-8-11(18(26)27-2)6-7-14(15)20/h3-9H,1-2H3,(H,21,25). The van der Waals surface area contributed by atoms with Crippen molar-refractivity contribution in [3.63, 3.8) is 0 Å². The Balaban J connectivity index is 1.88. The lowest BCUT2D eigenvalue weighted by molar-refractivity contribution is 0.0600. The Morgan fingerprint density at radius 1 is 1.11 bits per heavy atom. The number of benzene rings is 2. The fourth-order valence-electron chi connectivity index (χ4n) is 2.35. The molecule has 1 amide bonds. The SMILES string of the molecule is COC(=O)c1ccc(Cl)c(NC(=O)c2nn(-c3cccc(Cl)c3)nc2C)c1. The Labute approximate surface area is 164 Å². The number of nitrogens with zero attached hydrogens (tertiary/aromatic N) is 3. The van der Waals surface area contributed by atoms with Gasteiger partial charge >= 0.3 is 5.97 Å². The van der Waals surface area contributed by atoms with Crippen LogP contribution in [0.5, 0.6) is 0 Å². The molecule has 0 unspecified atom stereocenters. The zero-order valence-corrected chi connectivity index (χ0v) is 15.9. The largest absolute Gasteiger partial charge is 0.465 e. The van der Waals surface area contributed by atoms with E-state index in [4.69, 9.17) is 23.2 Å². The molecule has 3 rings (SSSR count). The van der Waals surface area contributed by atoms with Gasteiger partial charge in [0.1, 0.15) is 0 Å². The number of ether oxygens (including phenoxy) is 1. The molecule has 1 N–H and O–H groups in total. The van der Waals surface area contributed by atoms with E-state index >= 15 is 0 Å². The second-order valence-corrected chi connectivity index (χ2v) is 6.39. The molecule has 0 saturated heterocycles. The minimum atomic E-state index is -0.537. The fourth-order valence-corrected chi connectivity index (χ4v) is 2.70. The van der Waals surface area contributed by atoms with E-state index in [0.29, 0.717) is 16.4 Å². The summed E-state index contributed by atoms with van der Waals surface area (Å²) < 4.78 is 4.67. The van der Waals surface area contributed by atoms with Crippen LogP contribution in [0.4, 0.5) is 5.69 Å². The predicted molar refractivity (Wildman–Crippen MR) is 102 cm³/mol. The maximum atomic E-state index is 12.6. The molecule has 3 aromatic rings. The van der Waals surface area contributed by atoms with Crippen molar-refractivity contribution in [1.29, 1.82) is 0 Å². The van der Waals surface area contributed by atoms with E-state index in [1.807, 2.05) is 0 Å². The second kappa shape index (κ2) is 7.77. The van der Waals surface area contributed by atoms with E-state index in [9.17, 15) is 9.59 Å². The summed E-state index contributed by atoms with van der Waals surface area (Å²) in [6.07, 6.45) is 0. The van der Waals surface area contributed by atoms with Crippen LogP contribution in [-0.4, -0.2) is 34.0 Å². The number of hydrogen-bond donors (Lipinski definition) is 1. The summed E-state index contributed by atoms with van der Waals surface area (Å²) in [5.74, 6) is -1.05. The van der Waals surface area contributed by atoms with Crippen molar-refractivity contribution in [2.75, 3.05) is 12.4 Å². The van der Waals surface area contributed by atoms with Gasteiger partial charge < -0.3 is 10.1 Å². The van der Waals surface area contributed by atoms with Crippen LogP contribution in [0.15, 0.2) is 42.5 Å². The first-order valence-corrected chi connectivity index (χ1v) is 8.53. The van der Waals surface area contributed by atoms with Gasteiger partial charge in [0.15, 0.2) is 5.69 Å². The number of halogens is 2. The van der Waals surface area contributed by atoms with Gasteiger partial charge in [0.25, 0.3) is 5.91 Å². The van der Waals surface area contributed by atoms with Crippen molar-refractivity contribution in [2.24, 2.45) is 0 Å². The molecule has 0 bridgehead atoms. The second-order valence-electron chi connectivity index (χ2n) is 5.54. The van der Waals surface area contributed by atoms with Crippen LogP contribution in [0.25, 0.3) is 5.69 Å². The first kappa shape index (κ1) is 18.9. The minimum absolute atomic E-state index is 0.120.